The molecule has 0 spiro atoms. The Morgan fingerprint density at radius 1 is 0.821 bits per heavy atom. The molecule has 0 aromatic heterocycles. The molecule has 0 amide bonds. The van der Waals surface area contributed by atoms with E-state index in [1.54, 1.807) is 6.08 Å². The third kappa shape index (κ3) is 3.03. The van der Waals surface area contributed by atoms with Crippen LogP contribution in [-0.4, -0.2) is 5.78 Å². The van der Waals surface area contributed by atoms with Gasteiger partial charge in [0.25, 0.3) is 0 Å². The van der Waals surface area contributed by atoms with Crippen molar-refractivity contribution >= 4 is 24.0 Å². The van der Waals surface area contributed by atoms with Crippen LogP contribution >= 0.6 is 0 Å². The molecule has 0 saturated heterocycles. The Hall–Kier alpha value is -3.19. The summed E-state index contributed by atoms with van der Waals surface area (Å²) >= 11 is 0. The van der Waals surface area contributed by atoms with Gasteiger partial charge >= 0.3 is 0 Å². The molecule has 0 fully saturated rings. The van der Waals surface area contributed by atoms with Crippen LogP contribution < -0.4 is 10.4 Å². The Morgan fingerprint density at radius 3 is 2.54 bits per heavy atom. The smallest absolute Gasteiger partial charge is 0.162 e. The molecule has 1 heteroatoms. The van der Waals surface area contributed by atoms with Crippen molar-refractivity contribution in [2.75, 3.05) is 0 Å². The molecule has 3 aromatic carbocycles. The van der Waals surface area contributed by atoms with Gasteiger partial charge in [0.1, 0.15) is 0 Å². The highest BCUT2D eigenvalue weighted by atomic mass is 16.1. The van der Waals surface area contributed by atoms with Crippen molar-refractivity contribution in [1.82, 2.24) is 0 Å². The Kier molecular flexibility index (Phi) is 4.29. The number of carbonyl (C=O) groups excluding carboxylic acids is 1. The van der Waals surface area contributed by atoms with Crippen LogP contribution in [0, 0.1) is 5.92 Å². The van der Waals surface area contributed by atoms with Crippen molar-refractivity contribution in [1.29, 1.82) is 0 Å². The molecule has 1 nitrogen and oxygen atoms in total. The number of hydrogen-bond acceptors (Lipinski definition) is 1. The van der Waals surface area contributed by atoms with Crippen LogP contribution in [0.1, 0.15) is 23.1 Å². The maximum atomic E-state index is 12.8. The first-order valence-corrected chi connectivity index (χ1v) is 9.99. The predicted octanol–water partition coefficient (Wildman–Crippen LogP) is 4.32. The lowest BCUT2D eigenvalue weighted by molar-refractivity contribution is -0.116. The first-order chi connectivity index (χ1) is 13.8. The summed E-state index contributed by atoms with van der Waals surface area (Å²) in [7, 11) is 0. The van der Waals surface area contributed by atoms with Gasteiger partial charge < -0.3 is 0 Å². The highest BCUT2D eigenvalue weighted by molar-refractivity contribution is 5.99. The summed E-state index contributed by atoms with van der Waals surface area (Å²) in [6, 6.07) is 23.2. The first-order valence-electron chi connectivity index (χ1n) is 9.99. The summed E-state index contributed by atoms with van der Waals surface area (Å²) in [5, 5.41) is 2.57. The number of benzene rings is 3. The summed E-state index contributed by atoms with van der Waals surface area (Å²) in [5.74, 6) is 0.160. The minimum Gasteiger partial charge on any atom is -0.294 e. The fourth-order valence-electron chi connectivity index (χ4n) is 4.41. The molecule has 3 aromatic rings. The van der Waals surface area contributed by atoms with Gasteiger partial charge in [-0.25, -0.2) is 0 Å². The second-order valence-electron chi connectivity index (χ2n) is 7.62. The fraction of sp³-hybridized carbons (Fsp3) is 0.148. The Labute approximate surface area is 165 Å². The molecule has 0 saturated carbocycles. The molecule has 1 unspecified atom stereocenters. The number of carbonyl (C=O) groups is 1. The van der Waals surface area contributed by atoms with E-state index in [-0.39, 0.29) is 11.7 Å². The molecular weight excluding hydrogens is 340 g/mol. The largest absolute Gasteiger partial charge is 0.294 e. The Morgan fingerprint density at radius 2 is 1.64 bits per heavy atom. The first kappa shape index (κ1) is 16.9. The van der Waals surface area contributed by atoms with E-state index in [1.165, 1.54) is 32.7 Å². The van der Waals surface area contributed by atoms with Crippen LogP contribution in [0.4, 0.5) is 0 Å². The van der Waals surface area contributed by atoms with Crippen molar-refractivity contribution in [3.63, 3.8) is 0 Å². The SMILES string of the molecule is O=C(C=Cc1ccccc1)C1C=c2c(ccc3c2=CCc2ccccc2-3)CC1. The van der Waals surface area contributed by atoms with Gasteiger partial charge in [-0.1, -0.05) is 85.0 Å². The number of rotatable bonds is 3. The fourth-order valence-corrected chi connectivity index (χ4v) is 4.41. The lowest BCUT2D eigenvalue weighted by Gasteiger charge is -2.20. The second-order valence-corrected chi connectivity index (χ2v) is 7.62. The second kappa shape index (κ2) is 7.09. The van der Waals surface area contributed by atoms with Gasteiger partial charge in [0.15, 0.2) is 5.78 Å². The Balaban J connectivity index is 1.53. The molecule has 0 heterocycles. The van der Waals surface area contributed by atoms with E-state index in [1.807, 2.05) is 36.4 Å². The highest BCUT2D eigenvalue weighted by Crippen LogP contribution is 2.25. The average molecular weight is 362 g/mol. The molecule has 1 atom stereocenters. The van der Waals surface area contributed by atoms with E-state index >= 15 is 0 Å². The zero-order valence-electron chi connectivity index (χ0n) is 15.8. The molecular formula is C27H22O. The number of ketones is 1. The third-order valence-electron chi connectivity index (χ3n) is 5.91. The van der Waals surface area contributed by atoms with Gasteiger partial charge in [0.05, 0.1) is 0 Å². The van der Waals surface area contributed by atoms with Crippen LogP contribution in [0.2, 0.25) is 0 Å². The van der Waals surface area contributed by atoms with Crippen molar-refractivity contribution in [2.45, 2.75) is 19.3 Å². The van der Waals surface area contributed by atoms with Crippen LogP contribution in [0.3, 0.4) is 0 Å². The van der Waals surface area contributed by atoms with Gasteiger partial charge in [-0.2, -0.15) is 0 Å². The quantitative estimate of drug-likeness (QED) is 0.635. The maximum absolute atomic E-state index is 12.8. The summed E-state index contributed by atoms with van der Waals surface area (Å²) in [6.45, 7) is 0. The molecule has 2 aliphatic rings. The van der Waals surface area contributed by atoms with Crippen LogP contribution in [0.15, 0.2) is 72.8 Å². The maximum Gasteiger partial charge on any atom is 0.162 e. The third-order valence-corrected chi connectivity index (χ3v) is 5.91. The van der Waals surface area contributed by atoms with Crippen LogP contribution in [0.25, 0.3) is 29.4 Å². The minimum atomic E-state index is -0.0375. The van der Waals surface area contributed by atoms with Gasteiger partial charge in [-0.3, -0.25) is 4.79 Å². The van der Waals surface area contributed by atoms with E-state index < -0.39 is 0 Å². The molecule has 0 N–H and O–H groups in total. The molecule has 2 aliphatic carbocycles. The topological polar surface area (TPSA) is 17.1 Å². The van der Waals surface area contributed by atoms with Crippen LogP contribution in [0.5, 0.6) is 0 Å². The van der Waals surface area contributed by atoms with Crippen molar-refractivity contribution in [2.24, 2.45) is 5.92 Å². The number of allylic oxidation sites excluding steroid dienone is 1. The van der Waals surface area contributed by atoms with E-state index in [4.69, 9.17) is 0 Å². The summed E-state index contributed by atoms with van der Waals surface area (Å²) in [4.78, 5) is 12.8. The minimum absolute atomic E-state index is 0.0375. The summed E-state index contributed by atoms with van der Waals surface area (Å²) < 4.78 is 0. The molecule has 0 aliphatic heterocycles. The zero-order chi connectivity index (χ0) is 18.9. The van der Waals surface area contributed by atoms with E-state index in [9.17, 15) is 4.79 Å². The lowest BCUT2D eigenvalue weighted by Crippen LogP contribution is -2.36. The highest BCUT2D eigenvalue weighted by Gasteiger charge is 2.20. The van der Waals surface area contributed by atoms with E-state index in [2.05, 4.69) is 48.6 Å². The van der Waals surface area contributed by atoms with Gasteiger partial charge in [-0.05, 0) is 63.6 Å². The van der Waals surface area contributed by atoms with Gasteiger partial charge in [0, 0.05) is 5.92 Å². The summed E-state index contributed by atoms with van der Waals surface area (Å²) in [6.07, 6.45) is 11.0. The number of aryl methyl sites for hydroxylation is 1. The van der Waals surface area contributed by atoms with Crippen LogP contribution in [-0.2, 0) is 17.6 Å². The number of hydrogen-bond donors (Lipinski definition) is 0. The monoisotopic (exact) mass is 362 g/mol. The van der Waals surface area contributed by atoms with Crippen molar-refractivity contribution < 1.29 is 4.79 Å². The van der Waals surface area contributed by atoms with E-state index in [0.717, 1.165) is 24.8 Å². The summed E-state index contributed by atoms with van der Waals surface area (Å²) in [5.41, 5.74) is 6.43. The standard InChI is InChI=1S/C27H22O/c28-27(17-10-19-6-2-1-3-7-19)22-12-11-21-14-15-24-23-9-5-4-8-20(23)13-16-25(24)26(21)18-22/h1-10,14-18,22H,11-13H2. The molecule has 5 rings (SSSR count). The molecule has 0 bridgehead atoms. The lowest BCUT2D eigenvalue weighted by atomic mass is 9.83. The predicted molar refractivity (Wildman–Crippen MR) is 116 cm³/mol. The van der Waals surface area contributed by atoms with E-state index in [0.29, 0.717) is 0 Å². The van der Waals surface area contributed by atoms with Crippen molar-refractivity contribution in [3.8, 4) is 11.1 Å². The van der Waals surface area contributed by atoms with Gasteiger partial charge in [-0.15, -0.1) is 0 Å². The number of fused-ring (bicyclic) bond motifs is 5. The van der Waals surface area contributed by atoms with Gasteiger partial charge in [0.2, 0.25) is 0 Å². The zero-order valence-corrected chi connectivity index (χ0v) is 15.8. The Bertz CT molecular complexity index is 1200. The molecule has 28 heavy (non-hydrogen) atoms. The average Bonchev–Trinajstić information content (AvgIpc) is 2.77. The molecule has 136 valence electrons. The molecule has 0 radical (unpaired) electrons. The normalized spacial score (nSPS) is 17.1. The van der Waals surface area contributed by atoms with Crippen molar-refractivity contribution in [3.05, 3.63) is 99.9 Å².